The van der Waals surface area contributed by atoms with E-state index < -0.39 is 88.9 Å². The summed E-state index contributed by atoms with van der Waals surface area (Å²) in [7, 11) is 0. The highest BCUT2D eigenvalue weighted by atomic mass is 16.9. The Bertz CT molecular complexity index is 1790. The van der Waals surface area contributed by atoms with Crippen LogP contribution in [0.15, 0.2) is 103 Å². The second kappa shape index (κ2) is 10.4. The number of hydrogen-bond donors (Lipinski definition) is 3. The molecule has 250 valence electrons. The molecule has 3 saturated heterocycles. The number of Topliss-reactive ketones (excluding diaryl/α,β-unsaturated/α-hetero) is 1. The maximum absolute atomic E-state index is 13.9. The quantitative estimate of drug-likeness (QED) is 0.134. The number of aliphatic hydroxyl groups excluding tert-OH is 2. The van der Waals surface area contributed by atoms with Gasteiger partial charge in [0.05, 0.1) is 12.2 Å². The number of esters is 1. The second-order valence-electron chi connectivity index (χ2n) is 13.9. The molecule has 3 N–H and O–H groups in total. The van der Waals surface area contributed by atoms with E-state index in [9.17, 15) is 24.9 Å². The van der Waals surface area contributed by atoms with Crippen molar-refractivity contribution in [2.45, 2.75) is 73.6 Å². The van der Waals surface area contributed by atoms with Crippen molar-refractivity contribution in [2.24, 2.45) is 17.8 Å². The molecule has 0 amide bonds. The molecule has 10 heteroatoms. The number of epoxide rings is 1. The largest absolute Gasteiger partial charge is 0.455 e. The summed E-state index contributed by atoms with van der Waals surface area (Å²) in [5, 5.41) is 34.9. The number of ketones is 1. The Morgan fingerprint density at radius 3 is 2.38 bits per heavy atom. The van der Waals surface area contributed by atoms with E-state index in [1.165, 1.54) is 6.08 Å². The molecule has 5 fully saturated rings. The Morgan fingerprint density at radius 2 is 1.71 bits per heavy atom. The van der Waals surface area contributed by atoms with Crippen molar-refractivity contribution >= 4 is 17.8 Å². The van der Waals surface area contributed by atoms with Crippen LogP contribution in [0.4, 0.5) is 0 Å². The van der Waals surface area contributed by atoms with E-state index in [-0.39, 0.29) is 5.57 Å². The summed E-state index contributed by atoms with van der Waals surface area (Å²) in [4.78, 5) is 27.5. The van der Waals surface area contributed by atoms with Gasteiger partial charge in [0, 0.05) is 29.4 Å². The summed E-state index contributed by atoms with van der Waals surface area (Å²) in [6, 6.07) is 18.6. The van der Waals surface area contributed by atoms with Crippen molar-refractivity contribution in [3.63, 3.8) is 0 Å². The van der Waals surface area contributed by atoms with Gasteiger partial charge in [-0.05, 0) is 30.6 Å². The number of carbonyl (C=O) groups excluding carboxylic acids is 2. The van der Waals surface area contributed by atoms with Gasteiger partial charge in [-0.25, -0.2) is 4.79 Å². The molecule has 6 aliphatic rings. The van der Waals surface area contributed by atoms with Gasteiger partial charge in [-0.3, -0.25) is 4.79 Å². The molecular weight excluding hydrogens is 616 g/mol. The molecule has 3 bridgehead atoms. The van der Waals surface area contributed by atoms with Crippen LogP contribution in [-0.4, -0.2) is 80.5 Å². The fourth-order valence-corrected chi connectivity index (χ4v) is 9.34. The minimum absolute atomic E-state index is 0.226. The van der Waals surface area contributed by atoms with E-state index in [1.54, 1.807) is 56.3 Å². The van der Waals surface area contributed by atoms with Gasteiger partial charge in [-0.1, -0.05) is 98.5 Å². The van der Waals surface area contributed by atoms with Gasteiger partial charge in [0.2, 0.25) is 0 Å². The minimum atomic E-state index is -2.43. The molecule has 2 saturated carbocycles. The number of aliphatic hydroxyl groups is 3. The number of ether oxygens (including phenoxy) is 5. The Hall–Kier alpha value is -3.74. The number of benzene rings is 2. The summed E-state index contributed by atoms with van der Waals surface area (Å²) in [6.07, 6.45) is 3.34. The molecule has 3 heterocycles. The number of carbonyl (C=O) groups is 2. The SMILES string of the molecule is C=C(C)[C@@]12O[C@]3(c4ccccc4)O[C@@H]1[C@@H]1[C@@H]4O[C@]4(CO)[C@@H](O)[C@]4(O)C(=O)C(C)=C[C@@H]4[C@@]1(O3)[C@H](C)[C@H]2OC(=O)C=CC=Cc1ccccc1. The summed E-state index contributed by atoms with van der Waals surface area (Å²) in [5.74, 6) is -5.98. The number of fused-ring (bicyclic) bond motifs is 3. The second-order valence-corrected chi connectivity index (χ2v) is 13.9. The first-order valence-corrected chi connectivity index (χ1v) is 16.2. The average molecular weight is 655 g/mol. The van der Waals surface area contributed by atoms with Gasteiger partial charge in [0.15, 0.2) is 17.0 Å². The molecular formula is C38H38O10. The smallest absolute Gasteiger partial charge is 0.331 e. The molecule has 0 spiro atoms. The van der Waals surface area contributed by atoms with E-state index in [1.807, 2.05) is 49.4 Å². The standard InChI is InChI=1S/C38H38O10/c1-21(2)36-30(44-27(40)18-12-11-15-24-13-7-5-8-14-24)23(4)37-26-19-22(3)29(41)35(26,43)33(42)34(20-39)31(45-34)28(37)32(36)46-38(47-36,48-37)25-16-9-6-10-17-25/h5-19,23,26,28,30-33,39,42-43H,1,20H2,2-4H3/t23-,26+,28+,30-,31+,32-,33-,34+,35-,36+,37+,38+/m1/s1. The molecule has 0 radical (unpaired) electrons. The third-order valence-corrected chi connectivity index (χ3v) is 11.5. The van der Waals surface area contributed by atoms with Crippen molar-refractivity contribution in [2.75, 3.05) is 6.61 Å². The zero-order chi connectivity index (χ0) is 33.9. The zero-order valence-electron chi connectivity index (χ0n) is 26.8. The predicted molar refractivity (Wildman–Crippen MR) is 170 cm³/mol. The van der Waals surface area contributed by atoms with Crippen LogP contribution in [0.1, 0.15) is 31.9 Å². The van der Waals surface area contributed by atoms with Gasteiger partial charge in [0.25, 0.3) is 0 Å². The van der Waals surface area contributed by atoms with Gasteiger partial charge >= 0.3 is 11.9 Å². The van der Waals surface area contributed by atoms with Gasteiger partial charge in [0.1, 0.15) is 30.0 Å². The lowest BCUT2D eigenvalue weighted by Crippen LogP contribution is -2.76. The highest BCUT2D eigenvalue weighted by Crippen LogP contribution is 2.74. The van der Waals surface area contributed by atoms with E-state index in [4.69, 9.17) is 23.7 Å². The van der Waals surface area contributed by atoms with Crippen molar-refractivity contribution in [3.05, 3.63) is 114 Å². The lowest BCUT2D eigenvalue weighted by atomic mass is 9.53. The Kier molecular flexibility index (Phi) is 6.82. The average Bonchev–Trinajstić information content (AvgIpc) is 3.71. The normalized spacial score (nSPS) is 45.0. The van der Waals surface area contributed by atoms with Crippen molar-refractivity contribution < 1.29 is 48.6 Å². The van der Waals surface area contributed by atoms with Crippen LogP contribution >= 0.6 is 0 Å². The lowest BCUT2D eigenvalue weighted by molar-refractivity contribution is -0.440. The fourth-order valence-electron chi connectivity index (χ4n) is 9.34. The molecule has 2 aromatic rings. The molecule has 3 aliphatic carbocycles. The van der Waals surface area contributed by atoms with Crippen LogP contribution in [0.25, 0.3) is 6.08 Å². The molecule has 10 nitrogen and oxygen atoms in total. The van der Waals surface area contributed by atoms with Crippen LogP contribution in [0.5, 0.6) is 0 Å². The maximum Gasteiger partial charge on any atom is 0.331 e. The fraction of sp³-hybridized carbons (Fsp3) is 0.421. The summed E-state index contributed by atoms with van der Waals surface area (Å²) >= 11 is 0. The van der Waals surface area contributed by atoms with E-state index in [0.29, 0.717) is 11.1 Å². The van der Waals surface area contributed by atoms with Crippen molar-refractivity contribution in [1.29, 1.82) is 0 Å². The topological polar surface area (TPSA) is 144 Å². The third kappa shape index (κ3) is 3.76. The Morgan fingerprint density at radius 1 is 1.02 bits per heavy atom. The van der Waals surface area contributed by atoms with Gasteiger partial charge < -0.3 is 39.0 Å². The monoisotopic (exact) mass is 654 g/mol. The first kappa shape index (κ1) is 31.5. The summed E-state index contributed by atoms with van der Waals surface area (Å²) in [6.45, 7) is 8.79. The van der Waals surface area contributed by atoms with Crippen molar-refractivity contribution in [3.8, 4) is 0 Å². The predicted octanol–water partition coefficient (Wildman–Crippen LogP) is 3.12. The van der Waals surface area contributed by atoms with E-state index in [2.05, 4.69) is 6.58 Å². The zero-order valence-corrected chi connectivity index (χ0v) is 26.8. The van der Waals surface area contributed by atoms with E-state index in [0.717, 1.165) is 5.56 Å². The highest BCUT2D eigenvalue weighted by Gasteiger charge is 2.90. The summed E-state index contributed by atoms with van der Waals surface area (Å²) < 4.78 is 33.4. The maximum atomic E-state index is 13.9. The first-order valence-electron chi connectivity index (χ1n) is 16.2. The molecule has 2 aromatic carbocycles. The Labute approximate surface area is 277 Å². The number of hydrogen-bond acceptors (Lipinski definition) is 10. The lowest BCUT2D eigenvalue weighted by Gasteiger charge is -2.61. The minimum Gasteiger partial charge on any atom is -0.455 e. The van der Waals surface area contributed by atoms with Gasteiger partial charge in [-0.2, -0.15) is 0 Å². The molecule has 8 rings (SSSR count). The van der Waals surface area contributed by atoms with Crippen LogP contribution in [-0.2, 0) is 39.2 Å². The van der Waals surface area contributed by atoms with E-state index >= 15 is 0 Å². The highest BCUT2D eigenvalue weighted by molar-refractivity contribution is 6.05. The van der Waals surface area contributed by atoms with Crippen LogP contribution in [0.3, 0.4) is 0 Å². The Balaban J connectivity index is 1.29. The van der Waals surface area contributed by atoms with Crippen LogP contribution in [0, 0.1) is 17.8 Å². The number of rotatable bonds is 7. The summed E-state index contributed by atoms with van der Waals surface area (Å²) in [5.41, 5.74) is -4.99. The van der Waals surface area contributed by atoms with Crippen LogP contribution in [0.2, 0.25) is 0 Å². The van der Waals surface area contributed by atoms with Crippen molar-refractivity contribution in [1.82, 2.24) is 0 Å². The molecule has 12 atom stereocenters. The van der Waals surface area contributed by atoms with Crippen LogP contribution < -0.4 is 0 Å². The molecule has 3 aliphatic heterocycles. The van der Waals surface area contributed by atoms with Gasteiger partial charge in [-0.15, -0.1) is 0 Å². The molecule has 48 heavy (non-hydrogen) atoms. The molecule has 0 aromatic heterocycles. The third-order valence-electron chi connectivity index (χ3n) is 11.5. The number of allylic oxidation sites excluding steroid dienone is 2. The first-order chi connectivity index (χ1) is 22.9. The molecule has 0 unspecified atom stereocenters.